The van der Waals surface area contributed by atoms with Gasteiger partial charge in [-0.3, -0.25) is 4.68 Å². The van der Waals surface area contributed by atoms with Crippen molar-refractivity contribution in [1.29, 1.82) is 0 Å². The Balaban J connectivity index is 1.95. The van der Waals surface area contributed by atoms with Gasteiger partial charge in [-0.1, -0.05) is 17.3 Å². The molecule has 0 aliphatic heterocycles. The molecule has 1 aromatic carbocycles. The smallest absolute Gasteiger partial charge is 0.170 e. The molecule has 1 heterocycles. The van der Waals surface area contributed by atoms with Gasteiger partial charge in [0.05, 0.1) is 6.61 Å². The summed E-state index contributed by atoms with van der Waals surface area (Å²) in [6, 6.07) is 9.07. The van der Waals surface area contributed by atoms with Gasteiger partial charge in [-0.25, -0.2) is 0 Å². The van der Waals surface area contributed by atoms with E-state index in [0.29, 0.717) is 17.9 Å². The maximum atomic E-state index is 8.62. The molecule has 0 saturated heterocycles. The molecule has 6 heteroatoms. The molecule has 0 spiro atoms. The topological polar surface area (TPSA) is 85.7 Å². The molecule has 19 heavy (non-hydrogen) atoms. The molecular formula is C13H16N4O2. The lowest BCUT2D eigenvalue weighted by Gasteiger charge is -2.07. The zero-order valence-electron chi connectivity index (χ0n) is 10.7. The Morgan fingerprint density at radius 1 is 1.47 bits per heavy atom. The van der Waals surface area contributed by atoms with Crippen LogP contribution in [0.4, 0.5) is 0 Å². The van der Waals surface area contributed by atoms with E-state index in [1.54, 1.807) is 24.4 Å². The Labute approximate surface area is 111 Å². The van der Waals surface area contributed by atoms with E-state index < -0.39 is 0 Å². The molecule has 6 nitrogen and oxygen atoms in total. The number of aryl methyl sites for hydroxylation is 1. The van der Waals surface area contributed by atoms with Crippen molar-refractivity contribution in [3.05, 3.63) is 47.8 Å². The summed E-state index contributed by atoms with van der Waals surface area (Å²) in [7, 11) is 1.90. The van der Waals surface area contributed by atoms with Gasteiger partial charge in [-0.2, -0.15) is 5.10 Å². The molecule has 0 aliphatic rings. The zero-order valence-corrected chi connectivity index (χ0v) is 10.7. The van der Waals surface area contributed by atoms with E-state index in [4.69, 9.17) is 15.7 Å². The normalized spacial score (nSPS) is 11.5. The molecule has 3 N–H and O–H groups in total. The molecule has 0 fully saturated rings. The first-order chi connectivity index (χ1) is 9.20. The van der Waals surface area contributed by atoms with Gasteiger partial charge in [0.15, 0.2) is 5.84 Å². The van der Waals surface area contributed by atoms with Crippen LogP contribution in [-0.2, 0) is 13.5 Å². The van der Waals surface area contributed by atoms with Gasteiger partial charge in [-0.05, 0) is 18.2 Å². The minimum Gasteiger partial charge on any atom is -0.493 e. The van der Waals surface area contributed by atoms with Crippen molar-refractivity contribution in [1.82, 2.24) is 9.78 Å². The third kappa shape index (κ3) is 3.25. The van der Waals surface area contributed by atoms with Crippen LogP contribution in [0.25, 0.3) is 0 Å². The summed E-state index contributed by atoms with van der Waals surface area (Å²) in [5.74, 6) is 0.753. The van der Waals surface area contributed by atoms with E-state index in [9.17, 15) is 0 Å². The number of aromatic nitrogens is 2. The van der Waals surface area contributed by atoms with Crippen LogP contribution in [0.15, 0.2) is 41.7 Å². The number of nitrogens with two attached hydrogens (primary N) is 1. The largest absolute Gasteiger partial charge is 0.493 e. The molecule has 0 atom stereocenters. The predicted molar refractivity (Wildman–Crippen MR) is 71.4 cm³/mol. The standard InChI is InChI=1S/C13H16N4O2/c1-17-11(5-7-15-17)6-8-19-12-4-2-3-10(9-12)13(14)16-18/h2-5,7,9,18H,6,8H2,1H3,(H2,14,16). The lowest BCUT2D eigenvalue weighted by Crippen LogP contribution is -2.13. The van der Waals surface area contributed by atoms with Crippen molar-refractivity contribution in [3.63, 3.8) is 0 Å². The maximum absolute atomic E-state index is 8.62. The van der Waals surface area contributed by atoms with E-state index in [0.717, 1.165) is 12.1 Å². The van der Waals surface area contributed by atoms with Crippen LogP contribution < -0.4 is 10.5 Å². The van der Waals surface area contributed by atoms with Crippen molar-refractivity contribution in [2.24, 2.45) is 17.9 Å². The molecule has 2 rings (SSSR count). The van der Waals surface area contributed by atoms with Crippen LogP contribution in [0.2, 0.25) is 0 Å². The number of ether oxygens (including phenoxy) is 1. The number of hydrogen-bond donors (Lipinski definition) is 2. The average Bonchev–Trinajstić information content (AvgIpc) is 2.84. The summed E-state index contributed by atoms with van der Waals surface area (Å²) in [6.07, 6.45) is 2.53. The van der Waals surface area contributed by atoms with Gasteiger partial charge >= 0.3 is 0 Å². The average molecular weight is 260 g/mol. The first-order valence-corrected chi connectivity index (χ1v) is 5.88. The molecule has 0 saturated carbocycles. The lowest BCUT2D eigenvalue weighted by atomic mass is 10.2. The molecule has 0 bridgehead atoms. The second-order valence-corrected chi connectivity index (χ2v) is 4.06. The van der Waals surface area contributed by atoms with Crippen LogP contribution in [-0.4, -0.2) is 27.4 Å². The summed E-state index contributed by atoms with van der Waals surface area (Å²) in [5.41, 5.74) is 7.25. The second-order valence-electron chi connectivity index (χ2n) is 4.06. The molecule has 0 amide bonds. The van der Waals surface area contributed by atoms with Gasteiger partial charge in [-0.15, -0.1) is 0 Å². The number of benzene rings is 1. The number of hydrogen-bond acceptors (Lipinski definition) is 4. The van der Waals surface area contributed by atoms with Gasteiger partial charge in [0.25, 0.3) is 0 Å². The molecule has 100 valence electrons. The van der Waals surface area contributed by atoms with E-state index in [1.807, 2.05) is 23.9 Å². The molecule has 0 radical (unpaired) electrons. The number of oxime groups is 1. The molecule has 1 aromatic heterocycles. The van der Waals surface area contributed by atoms with Crippen LogP contribution in [0.3, 0.4) is 0 Å². The van der Waals surface area contributed by atoms with Crippen LogP contribution in [0.1, 0.15) is 11.3 Å². The number of amidine groups is 1. The van der Waals surface area contributed by atoms with Crippen molar-refractivity contribution in [2.45, 2.75) is 6.42 Å². The predicted octanol–water partition coefficient (Wildman–Crippen LogP) is 1.14. The summed E-state index contributed by atoms with van der Waals surface area (Å²) in [6.45, 7) is 0.541. The summed E-state index contributed by atoms with van der Waals surface area (Å²) >= 11 is 0. The third-order valence-electron chi connectivity index (χ3n) is 2.79. The molecule has 0 aliphatic carbocycles. The second kappa shape index (κ2) is 5.90. The maximum Gasteiger partial charge on any atom is 0.170 e. The van der Waals surface area contributed by atoms with Crippen LogP contribution in [0.5, 0.6) is 5.75 Å². The van der Waals surface area contributed by atoms with E-state index in [1.165, 1.54) is 0 Å². The van der Waals surface area contributed by atoms with Gasteiger partial charge < -0.3 is 15.7 Å². The minimum absolute atomic E-state index is 0.0667. The first-order valence-electron chi connectivity index (χ1n) is 5.88. The van der Waals surface area contributed by atoms with Gasteiger partial charge in [0.2, 0.25) is 0 Å². The Hall–Kier alpha value is -2.50. The highest BCUT2D eigenvalue weighted by Gasteiger charge is 2.02. The number of nitrogens with zero attached hydrogens (tertiary/aromatic N) is 3. The highest BCUT2D eigenvalue weighted by molar-refractivity contribution is 5.97. The van der Waals surface area contributed by atoms with Crippen LogP contribution >= 0.6 is 0 Å². The van der Waals surface area contributed by atoms with Crippen molar-refractivity contribution in [3.8, 4) is 5.75 Å². The molecule has 0 unspecified atom stereocenters. The lowest BCUT2D eigenvalue weighted by molar-refractivity contribution is 0.317. The summed E-state index contributed by atoms with van der Waals surface area (Å²) in [5, 5.41) is 15.7. The third-order valence-corrected chi connectivity index (χ3v) is 2.79. The van der Waals surface area contributed by atoms with Gasteiger partial charge in [0.1, 0.15) is 5.75 Å². The first kappa shape index (κ1) is 12.9. The van der Waals surface area contributed by atoms with Crippen molar-refractivity contribution in [2.75, 3.05) is 6.61 Å². The number of rotatable bonds is 5. The van der Waals surface area contributed by atoms with E-state index in [2.05, 4.69) is 10.3 Å². The quantitative estimate of drug-likeness (QED) is 0.365. The molecular weight excluding hydrogens is 244 g/mol. The zero-order chi connectivity index (χ0) is 13.7. The van der Waals surface area contributed by atoms with Gasteiger partial charge in [0, 0.05) is 30.9 Å². The van der Waals surface area contributed by atoms with E-state index >= 15 is 0 Å². The Morgan fingerprint density at radius 3 is 3.00 bits per heavy atom. The Bertz CT molecular complexity index is 578. The molecule has 2 aromatic rings. The van der Waals surface area contributed by atoms with Crippen molar-refractivity contribution >= 4 is 5.84 Å². The highest BCUT2D eigenvalue weighted by Crippen LogP contribution is 2.13. The Kier molecular flexibility index (Phi) is 4.02. The monoisotopic (exact) mass is 260 g/mol. The summed E-state index contributed by atoms with van der Waals surface area (Å²) in [4.78, 5) is 0. The van der Waals surface area contributed by atoms with E-state index in [-0.39, 0.29) is 5.84 Å². The SMILES string of the molecule is Cn1nccc1CCOc1cccc(/C(N)=N/O)c1. The summed E-state index contributed by atoms with van der Waals surface area (Å²) < 4.78 is 7.45. The fourth-order valence-electron chi connectivity index (χ4n) is 1.72. The fraction of sp³-hybridized carbons (Fsp3) is 0.231. The highest BCUT2D eigenvalue weighted by atomic mass is 16.5. The Morgan fingerprint density at radius 2 is 2.32 bits per heavy atom. The fourth-order valence-corrected chi connectivity index (χ4v) is 1.72. The van der Waals surface area contributed by atoms with Crippen molar-refractivity contribution < 1.29 is 9.94 Å². The van der Waals surface area contributed by atoms with Crippen LogP contribution in [0, 0.1) is 0 Å². The minimum atomic E-state index is 0.0667.